The maximum Gasteiger partial charge on any atom is 0.208 e. The minimum atomic E-state index is -0.679. The van der Waals surface area contributed by atoms with Gasteiger partial charge < -0.3 is 4.42 Å². The van der Waals surface area contributed by atoms with Gasteiger partial charge in [0.2, 0.25) is 5.89 Å². The zero-order valence-electron chi connectivity index (χ0n) is 11.6. The number of carbonyl (C=O) groups is 1. The molecule has 0 saturated heterocycles. The van der Waals surface area contributed by atoms with E-state index in [-0.39, 0.29) is 11.7 Å². The normalized spacial score (nSPS) is 12.3. The molecule has 1 aromatic carbocycles. The Labute approximate surface area is 107 Å². The SMILES string of the molecule is Cc1ccc2oc(C(C)(C)C(=O)C(C)C)nc2c1. The molecule has 0 fully saturated rings. The van der Waals surface area contributed by atoms with Gasteiger partial charge in [0.15, 0.2) is 5.58 Å². The third-order valence-corrected chi connectivity index (χ3v) is 3.22. The second kappa shape index (κ2) is 4.23. The van der Waals surface area contributed by atoms with Crippen LogP contribution >= 0.6 is 0 Å². The number of aromatic nitrogens is 1. The van der Waals surface area contributed by atoms with Crippen molar-refractivity contribution in [3.05, 3.63) is 29.7 Å². The number of carbonyl (C=O) groups excluding carboxylic acids is 1. The number of fused-ring (bicyclic) bond motifs is 1. The number of aryl methyl sites for hydroxylation is 1. The lowest BCUT2D eigenvalue weighted by atomic mass is 9.82. The Morgan fingerprint density at radius 1 is 1.33 bits per heavy atom. The van der Waals surface area contributed by atoms with E-state index < -0.39 is 5.41 Å². The van der Waals surface area contributed by atoms with Gasteiger partial charge in [0.1, 0.15) is 11.3 Å². The smallest absolute Gasteiger partial charge is 0.208 e. The Hall–Kier alpha value is -1.64. The molecular weight excluding hydrogens is 226 g/mol. The summed E-state index contributed by atoms with van der Waals surface area (Å²) in [5, 5.41) is 0. The van der Waals surface area contributed by atoms with Crippen molar-refractivity contribution in [2.45, 2.75) is 40.0 Å². The molecule has 18 heavy (non-hydrogen) atoms. The summed E-state index contributed by atoms with van der Waals surface area (Å²) in [6.45, 7) is 9.55. The predicted molar refractivity (Wildman–Crippen MR) is 71.6 cm³/mol. The summed E-state index contributed by atoms with van der Waals surface area (Å²) in [5.41, 5.74) is 2.01. The number of hydrogen-bond acceptors (Lipinski definition) is 3. The Morgan fingerprint density at radius 3 is 2.61 bits per heavy atom. The van der Waals surface area contributed by atoms with Crippen LogP contribution in [-0.4, -0.2) is 10.8 Å². The summed E-state index contributed by atoms with van der Waals surface area (Å²) in [6, 6.07) is 5.85. The molecule has 96 valence electrons. The average molecular weight is 245 g/mol. The van der Waals surface area contributed by atoms with Crippen LogP contribution in [0.15, 0.2) is 22.6 Å². The van der Waals surface area contributed by atoms with E-state index in [4.69, 9.17) is 4.42 Å². The Bertz CT molecular complexity index is 594. The van der Waals surface area contributed by atoms with Crippen LogP contribution in [-0.2, 0) is 10.2 Å². The standard InChI is InChI=1S/C15H19NO2/c1-9(2)13(17)15(4,5)14-16-11-8-10(3)6-7-12(11)18-14/h6-9H,1-5H3. The average Bonchev–Trinajstić information content (AvgIpc) is 2.71. The first-order valence-electron chi connectivity index (χ1n) is 6.24. The highest BCUT2D eigenvalue weighted by Gasteiger charge is 2.36. The largest absolute Gasteiger partial charge is 0.440 e. The van der Waals surface area contributed by atoms with Gasteiger partial charge in [-0.1, -0.05) is 19.9 Å². The molecule has 0 atom stereocenters. The molecule has 0 saturated carbocycles. The first kappa shape index (κ1) is 12.8. The monoisotopic (exact) mass is 245 g/mol. The molecule has 0 aliphatic rings. The summed E-state index contributed by atoms with van der Waals surface area (Å²) >= 11 is 0. The van der Waals surface area contributed by atoms with Crippen molar-refractivity contribution >= 4 is 16.9 Å². The first-order valence-corrected chi connectivity index (χ1v) is 6.24. The van der Waals surface area contributed by atoms with Crippen LogP contribution in [0.5, 0.6) is 0 Å². The third-order valence-electron chi connectivity index (χ3n) is 3.22. The van der Waals surface area contributed by atoms with Crippen LogP contribution in [0, 0.1) is 12.8 Å². The Morgan fingerprint density at radius 2 is 2.00 bits per heavy atom. The minimum absolute atomic E-state index is 0.0308. The fourth-order valence-electron chi connectivity index (χ4n) is 2.13. The fraction of sp³-hybridized carbons (Fsp3) is 0.467. The third kappa shape index (κ3) is 2.05. The van der Waals surface area contributed by atoms with E-state index in [0.29, 0.717) is 5.89 Å². The minimum Gasteiger partial charge on any atom is -0.440 e. The van der Waals surface area contributed by atoms with Crippen LogP contribution < -0.4 is 0 Å². The quantitative estimate of drug-likeness (QED) is 0.829. The number of benzene rings is 1. The van der Waals surface area contributed by atoms with Crippen molar-refractivity contribution in [2.75, 3.05) is 0 Å². The maximum absolute atomic E-state index is 12.2. The molecule has 0 radical (unpaired) electrons. The fourth-order valence-corrected chi connectivity index (χ4v) is 2.13. The summed E-state index contributed by atoms with van der Waals surface area (Å²) in [7, 11) is 0. The second-order valence-electron chi connectivity index (χ2n) is 5.63. The number of rotatable bonds is 3. The molecule has 0 unspecified atom stereocenters. The Kier molecular flexibility index (Phi) is 3.01. The molecule has 2 rings (SSSR count). The van der Waals surface area contributed by atoms with Crippen LogP contribution in [0.2, 0.25) is 0 Å². The topological polar surface area (TPSA) is 43.1 Å². The number of Topliss-reactive ketones (excluding diaryl/α,β-unsaturated/α-hetero) is 1. The van der Waals surface area contributed by atoms with Crippen molar-refractivity contribution in [1.82, 2.24) is 4.98 Å². The van der Waals surface area contributed by atoms with E-state index in [9.17, 15) is 4.79 Å². The molecule has 0 spiro atoms. The van der Waals surface area contributed by atoms with Gasteiger partial charge in [-0.2, -0.15) is 0 Å². The van der Waals surface area contributed by atoms with E-state index in [0.717, 1.165) is 16.7 Å². The molecular formula is C15H19NO2. The molecule has 0 aliphatic carbocycles. The summed E-state index contributed by atoms with van der Waals surface area (Å²) in [4.78, 5) is 16.7. The predicted octanol–water partition coefficient (Wildman–Crippen LogP) is 3.64. The molecule has 1 aromatic heterocycles. The zero-order valence-corrected chi connectivity index (χ0v) is 11.6. The van der Waals surface area contributed by atoms with Gasteiger partial charge in [-0.05, 0) is 38.5 Å². The van der Waals surface area contributed by atoms with Gasteiger partial charge >= 0.3 is 0 Å². The van der Waals surface area contributed by atoms with Crippen LogP contribution in [0.4, 0.5) is 0 Å². The van der Waals surface area contributed by atoms with Crippen molar-refractivity contribution in [3.63, 3.8) is 0 Å². The van der Waals surface area contributed by atoms with Crippen LogP contribution in [0.1, 0.15) is 39.1 Å². The number of oxazole rings is 1. The highest BCUT2D eigenvalue weighted by atomic mass is 16.3. The Balaban J connectivity index is 2.51. The van der Waals surface area contributed by atoms with Crippen molar-refractivity contribution in [2.24, 2.45) is 5.92 Å². The molecule has 0 bridgehead atoms. The molecule has 0 aliphatic heterocycles. The number of ketones is 1. The highest BCUT2D eigenvalue weighted by molar-refractivity contribution is 5.90. The van der Waals surface area contributed by atoms with Gasteiger partial charge in [0.05, 0.1) is 5.41 Å². The van der Waals surface area contributed by atoms with Crippen molar-refractivity contribution in [1.29, 1.82) is 0 Å². The highest BCUT2D eigenvalue weighted by Crippen LogP contribution is 2.29. The molecule has 1 heterocycles. The van der Waals surface area contributed by atoms with E-state index in [1.165, 1.54) is 0 Å². The van der Waals surface area contributed by atoms with E-state index in [2.05, 4.69) is 4.98 Å². The zero-order chi connectivity index (χ0) is 13.5. The van der Waals surface area contributed by atoms with E-state index in [1.807, 2.05) is 52.8 Å². The van der Waals surface area contributed by atoms with Crippen LogP contribution in [0.3, 0.4) is 0 Å². The molecule has 0 N–H and O–H groups in total. The summed E-state index contributed by atoms with van der Waals surface area (Å²) in [5.74, 6) is 0.615. The number of nitrogens with zero attached hydrogens (tertiary/aromatic N) is 1. The van der Waals surface area contributed by atoms with Gasteiger partial charge in [-0.15, -0.1) is 0 Å². The molecule has 0 amide bonds. The number of hydrogen-bond donors (Lipinski definition) is 0. The van der Waals surface area contributed by atoms with Gasteiger partial charge in [-0.25, -0.2) is 4.98 Å². The lowest BCUT2D eigenvalue weighted by molar-refractivity contribution is -0.127. The molecule has 3 nitrogen and oxygen atoms in total. The van der Waals surface area contributed by atoms with Crippen molar-refractivity contribution in [3.8, 4) is 0 Å². The lowest BCUT2D eigenvalue weighted by Gasteiger charge is -2.21. The van der Waals surface area contributed by atoms with E-state index in [1.54, 1.807) is 0 Å². The lowest BCUT2D eigenvalue weighted by Crippen LogP contribution is -2.32. The van der Waals surface area contributed by atoms with Crippen molar-refractivity contribution < 1.29 is 9.21 Å². The van der Waals surface area contributed by atoms with Gasteiger partial charge in [0.25, 0.3) is 0 Å². The summed E-state index contributed by atoms with van der Waals surface area (Å²) < 4.78 is 5.73. The molecule has 2 aromatic rings. The summed E-state index contributed by atoms with van der Waals surface area (Å²) in [6.07, 6.45) is 0. The van der Waals surface area contributed by atoms with Gasteiger partial charge in [-0.3, -0.25) is 4.79 Å². The second-order valence-corrected chi connectivity index (χ2v) is 5.63. The maximum atomic E-state index is 12.2. The molecule has 3 heteroatoms. The van der Waals surface area contributed by atoms with Crippen LogP contribution in [0.25, 0.3) is 11.1 Å². The first-order chi connectivity index (χ1) is 8.32. The van der Waals surface area contributed by atoms with Gasteiger partial charge in [0, 0.05) is 5.92 Å². The van der Waals surface area contributed by atoms with E-state index >= 15 is 0 Å².